The second-order valence-corrected chi connectivity index (χ2v) is 17.5. The number of hydrogen-bond donors (Lipinski definition) is 0. The summed E-state index contributed by atoms with van der Waals surface area (Å²) in [7, 11) is 5.61. The highest BCUT2D eigenvalue weighted by molar-refractivity contribution is 8.33. The third-order valence-electron chi connectivity index (χ3n) is 9.27. The number of fused-ring (bicyclic) bond motifs is 4. The maximum atomic E-state index is 13.4. The molecule has 0 fully saturated rings. The highest BCUT2D eigenvalue weighted by Gasteiger charge is 2.38. The van der Waals surface area contributed by atoms with Crippen LogP contribution >= 0.6 is 70.2 Å². The zero-order chi connectivity index (χ0) is 40.6. The molecule has 0 N–H and O–H groups in total. The molecular formula is C38H20Cl2N8O6S4. The molecule has 0 saturated carbocycles. The molecule has 0 aliphatic carbocycles. The molecule has 20 heteroatoms. The van der Waals surface area contributed by atoms with Crippen LogP contribution in [-0.2, 0) is 9.47 Å². The number of benzene rings is 3. The first kappa shape index (κ1) is 37.9. The molecule has 3 aromatic carbocycles. The zero-order valence-electron chi connectivity index (χ0n) is 30.0. The lowest BCUT2D eigenvalue weighted by molar-refractivity contribution is 0.0590. The minimum atomic E-state index is -0.727. The summed E-state index contributed by atoms with van der Waals surface area (Å²) in [4.78, 5) is 29.3. The maximum Gasteiger partial charge on any atom is 0.341 e. The number of halogens is 2. The van der Waals surface area contributed by atoms with Gasteiger partial charge in [0.2, 0.25) is 0 Å². The molecule has 0 atom stereocenters. The fourth-order valence-corrected chi connectivity index (χ4v) is 13.1. The van der Waals surface area contributed by atoms with Gasteiger partial charge in [0.15, 0.2) is 22.9 Å². The Balaban J connectivity index is 1.24. The van der Waals surface area contributed by atoms with E-state index in [9.17, 15) is 20.1 Å². The summed E-state index contributed by atoms with van der Waals surface area (Å²) in [5.74, 6) is 0.584. The van der Waals surface area contributed by atoms with E-state index in [1.807, 2.05) is 0 Å². The van der Waals surface area contributed by atoms with Gasteiger partial charge in [-0.3, -0.25) is 8.80 Å². The second-order valence-electron chi connectivity index (χ2n) is 12.2. The Bertz CT molecular complexity index is 2910. The van der Waals surface area contributed by atoms with E-state index in [0.717, 1.165) is 0 Å². The van der Waals surface area contributed by atoms with Crippen molar-refractivity contribution in [3.8, 4) is 46.4 Å². The van der Waals surface area contributed by atoms with E-state index in [2.05, 4.69) is 32.5 Å². The molecule has 7 aromatic rings. The molecule has 4 aromatic heterocycles. The van der Waals surface area contributed by atoms with Crippen LogP contribution in [0.1, 0.15) is 31.8 Å². The summed E-state index contributed by atoms with van der Waals surface area (Å²) >= 11 is 19.7. The van der Waals surface area contributed by atoms with Crippen LogP contribution in [-0.4, -0.2) is 69.6 Å². The number of esters is 2. The van der Waals surface area contributed by atoms with E-state index >= 15 is 0 Å². The number of ether oxygens (including phenoxy) is 4. The summed E-state index contributed by atoms with van der Waals surface area (Å²) in [5.41, 5.74) is 1.74. The Morgan fingerprint density at radius 1 is 0.586 bits per heavy atom. The van der Waals surface area contributed by atoms with Crippen LogP contribution in [0.5, 0.6) is 11.5 Å². The molecule has 9 rings (SSSR count). The summed E-state index contributed by atoms with van der Waals surface area (Å²) in [6.07, 6.45) is 0. The van der Waals surface area contributed by atoms with Crippen LogP contribution < -0.4 is 20.2 Å². The third kappa shape index (κ3) is 5.58. The van der Waals surface area contributed by atoms with E-state index in [4.69, 9.17) is 42.1 Å². The molecular weight excluding hydrogens is 864 g/mol. The van der Waals surface area contributed by atoms with Crippen molar-refractivity contribution in [3.05, 3.63) is 91.5 Å². The first-order chi connectivity index (χ1) is 28.2. The van der Waals surface area contributed by atoms with E-state index in [0.29, 0.717) is 83.1 Å². The second kappa shape index (κ2) is 14.7. The largest absolute Gasteiger partial charge is 0.497 e. The Kier molecular flexibility index (Phi) is 9.59. The standard InChI is InChI=1S/C38H20Cl2N8O6S4/c1-51-17-9-5-15(6-10-17)31-43-45-33-19(13-41)21(35(49)53-3)25(47(31)33)37-55-27-23(39)29-30(24(40)28(27)56-37)58-38(57-29)26-22(36(50)54-4)20(14-42)34-46-44-32(48(26)34)16-7-11-18(52-2)12-8-16/h5-12H,1-4H3. The maximum absolute atomic E-state index is 13.4. The third-order valence-corrected chi connectivity index (χ3v) is 15.7. The molecule has 0 radical (unpaired) electrons. The molecule has 58 heavy (non-hydrogen) atoms. The predicted octanol–water partition coefficient (Wildman–Crippen LogP) is 7.11. The predicted molar refractivity (Wildman–Crippen MR) is 219 cm³/mol. The number of aromatic nitrogens is 6. The minimum Gasteiger partial charge on any atom is -0.497 e. The Hall–Kier alpha value is -5.60. The van der Waals surface area contributed by atoms with Gasteiger partial charge in [-0.1, -0.05) is 70.2 Å². The van der Waals surface area contributed by atoms with Crippen LogP contribution in [0, 0.1) is 22.7 Å². The topological polar surface area (TPSA) is 179 Å². The molecule has 0 saturated heterocycles. The fourth-order valence-electron chi connectivity index (χ4n) is 6.63. The zero-order valence-corrected chi connectivity index (χ0v) is 34.8. The fraction of sp³-hybridized carbons (Fsp3) is 0.105. The number of carbonyl (C=O) groups is 2. The van der Waals surface area contributed by atoms with Crippen LogP contribution in [0.25, 0.3) is 42.5 Å². The van der Waals surface area contributed by atoms with Gasteiger partial charge in [0, 0.05) is 30.7 Å². The van der Waals surface area contributed by atoms with E-state index < -0.39 is 11.9 Å². The van der Waals surface area contributed by atoms with Gasteiger partial charge in [0.05, 0.1) is 57.7 Å². The Morgan fingerprint density at radius 3 is 1.22 bits per heavy atom. The van der Waals surface area contributed by atoms with Gasteiger partial charge in [0.1, 0.15) is 45.9 Å². The van der Waals surface area contributed by atoms with Crippen LogP contribution in [0.3, 0.4) is 0 Å². The van der Waals surface area contributed by atoms with Crippen LogP contribution in [0.2, 0.25) is 10.0 Å². The van der Waals surface area contributed by atoms with Crippen LogP contribution in [0.15, 0.2) is 68.1 Å². The Labute approximate surface area is 354 Å². The molecule has 0 amide bonds. The normalized spacial score (nSPS) is 13.1. The molecule has 14 nitrogen and oxygen atoms in total. The van der Waals surface area contributed by atoms with Crippen molar-refractivity contribution in [2.75, 3.05) is 28.4 Å². The van der Waals surface area contributed by atoms with Crippen molar-refractivity contribution in [1.29, 1.82) is 10.5 Å². The van der Waals surface area contributed by atoms with Crippen molar-refractivity contribution in [1.82, 2.24) is 29.2 Å². The number of methoxy groups -OCH3 is 4. The summed E-state index contributed by atoms with van der Waals surface area (Å²) < 4.78 is 25.5. The van der Waals surface area contributed by atoms with E-state index in [1.54, 1.807) is 71.6 Å². The molecule has 0 unspecified atom stereocenters. The number of nitrogens with zero attached hydrogens (tertiary/aromatic N) is 8. The number of carbonyl (C=O) groups excluding carboxylic acids is 2. The van der Waals surface area contributed by atoms with Crippen molar-refractivity contribution in [2.24, 2.45) is 0 Å². The average molecular weight is 884 g/mol. The average Bonchev–Trinajstić information content (AvgIpc) is 4.11. The smallest absolute Gasteiger partial charge is 0.341 e. The lowest BCUT2D eigenvalue weighted by Gasteiger charge is -2.08. The lowest BCUT2D eigenvalue weighted by atomic mass is 10.2. The van der Waals surface area contributed by atoms with Crippen LogP contribution in [0.4, 0.5) is 0 Å². The lowest BCUT2D eigenvalue weighted by Crippen LogP contribution is -2.21. The van der Waals surface area contributed by atoms with Gasteiger partial charge in [-0.05, 0) is 48.5 Å². The Morgan fingerprint density at radius 2 is 0.931 bits per heavy atom. The molecule has 2 aliphatic rings. The molecule has 0 spiro atoms. The number of rotatable bonds is 6. The molecule has 2 aliphatic heterocycles. The van der Waals surface area contributed by atoms with Gasteiger partial charge < -0.3 is 18.9 Å². The number of nitriles is 2. The summed E-state index contributed by atoms with van der Waals surface area (Å²) in [6, 6.07) is 18.6. The first-order valence-electron chi connectivity index (χ1n) is 16.6. The van der Waals surface area contributed by atoms with Gasteiger partial charge in [-0.15, -0.1) is 20.4 Å². The van der Waals surface area contributed by atoms with Crippen molar-refractivity contribution < 1.29 is 28.5 Å². The monoisotopic (exact) mass is 882 g/mol. The number of thioether (sulfide) groups is 4. The minimum absolute atomic E-state index is 0.00553. The van der Waals surface area contributed by atoms with Crippen molar-refractivity contribution in [2.45, 2.75) is 19.6 Å². The summed E-state index contributed by atoms with van der Waals surface area (Å²) in [5, 5.41) is 39.5. The highest BCUT2D eigenvalue weighted by atomic mass is 35.5. The van der Waals surface area contributed by atoms with E-state index in [1.165, 1.54) is 61.3 Å². The van der Waals surface area contributed by atoms with Gasteiger partial charge in [-0.2, -0.15) is 10.5 Å². The SMILES string of the molecule is COC(=O)c1c(C#N)c2nnc(-c3ccc(OC)cc3)n2c1=C1Sc2c(Cl)c3c(c(Cl)c2S1)SC(=c1c(C(=O)OC)c(C#N)c2nnc(-c4ccc(OC)cc4)n12)S3. The highest BCUT2D eigenvalue weighted by Crippen LogP contribution is 2.66. The van der Waals surface area contributed by atoms with Gasteiger partial charge in [-0.25, -0.2) is 9.59 Å². The number of hydrogen-bond acceptors (Lipinski definition) is 16. The molecule has 286 valence electrons. The quantitative estimate of drug-likeness (QED) is 0.154. The molecule has 0 bridgehead atoms. The molecule has 6 heterocycles. The summed E-state index contributed by atoms with van der Waals surface area (Å²) in [6.45, 7) is 0. The van der Waals surface area contributed by atoms with Gasteiger partial charge >= 0.3 is 11.9 Å². The van der Waals surface area contributed by atoms with Gasteiger partial charge in [0.25, 0.3) is 0 Å². The van der Waals surface area contributed by atoms with E-state index in [-0.39, 0.29) is 33.5 Å². The van der Waals surface area contributed by atoms with Crippen molar-refractivity contribution in [3.63, 3.8) is 0 Å². The van der Waals surface area contributed by atoms with Crippen molar-refractivity contribution >= 4 is 102 Å². The first-order valence-corrected chi connectivity index (χ1v) is 20.6.